The summed E-state index contributed by atoms with van der Waals surface area (Å²) in [5.41, 5.74) is 2.94. The van der Waals surface area contributed by atoms with Gasteiger partial charge in [0.15, 0.2) is 6.04 Å². The second-order valence-corrected chi connectivity index (χ2v) is 14.7. The maximum atomic E-state index is 13.5. The second-order valence-electron chi connectivity index (χ2n) is 12.7. The molecule has 4 rings (SSSR count). The van der Waals surface area contributed by atoms with E-state index < -0.39 is 69.0 Å². The Morgan fingerprint density at radius 3 is 2.50 bits per heavy atom. The predicted molar refractivity (Wildman–Crippen MR) is 187 cm³/mol. The number of likely N-dealkylation sites (tertiary alicyclic amines) is 1. The molecule has 13 nitrogen and oxygen atoms in total. The molecule has 0 bridgehead atoms. The Morgan fingerprint density at radius 2 is 1.84 bits per heavy atom. The van der Waals surface area contributed by atoms with Gasteiger partial charge in [0.1, 0.15) is 12.1 Å². The van der Waals surface area contributed by atoms with Gasteiger partial charge in [0, 0.05) is 25.4 Å². The topological polar surface area (TPSA) is 182 Å². The zero-order chi connectivity index (χ0) is 36.4. The molecule has 4 atom stereocenters. The minimum absolute atomic E-state index is 0.129. The summed E-state index contributed by atoms with van der Waals surface area (Å²) in [7, 11) is -3.88. The molecule has 50 heavy (non-hydrogen) atoms. The van der Waals surface area contributed by atoms with Crippen LogP contribution in [0.2, 0.25) is 0 Å². The summed E-state index contributed by atoms with van der Waals surface area (Å²) in [6, 6.07) is 2.21. The Labute approximate surface area is 293 Å². The zero-order valence-electron chi connectivity index (χ0n) is 28.0. The van der Waals surface area contributed by atoms with Crippen molar-refractivity contribution in [1.29, 1.82) is 0 Å². The third kappa shape index (κ3) is 9.62. The maximum absolute atomic E-state index is 13.5. The molecule has 1 aliphatic carbocycles. The lowest BCUT2D eigenvalue weighted by atomic mass is 9.95. The molecule has 1 unspecified atom stereocenters. The van der Waals surface area contributed by atoms with E-state index in [0.29, 0.717) is 51.6 Å². The predicted octanol–water partition coefficient (Wildman–Crippen LogP) is 2.83. The van der Waals surface area contributed by atoms with Gasteiger partial charge in [-0.25, -0.2) is 13.2 Å². The normalized spacial score (nSPS) is 18.7. The van der Waals surface area contributed by atoms with E-state index in [-0.39, 0.29) is 25.8 Å². The first-order valence-corrected chi connectivity index (χ1v) is 18.3. The number of unbranched alkanes of at least 4 members (excludes halogenated alkanes) is 2. The lowest BCUT2D eigenvalue weighted by Crippen LogP contribution is -2.58. The fourth-order valence-electron chi connectivity index (χ4n) is 6.22. The highest BCUT2D eigenvalue weighted by atomic mass is 32.2. The maximum Gasteiger partial charge on any atom is 0.407 e. The van der Waals surface area contributed by atoms with Gasteiger partial charge in [-0.1, -0.05) is 48.4 Å². The number of sulfonamides is 1. The molecule has 14 heteroatoms. The lowest BCUT2D eigenvalue weighted by molar-refractivity contribution is -0.141. The van der Waals surface area contributed by atoms with Crippen LogP contribution < -0.4 is 15.4 Å². The van der Waals surface area contributed by atoms with Gasteiger partial charge in [-0.2, -0.15) is 0 Å². The number of amides is 5. The Balaban J connectivity index is 1.28. The molecule has 1 aromatic rings. The van der Waals surface area contributed by atoms with Gasteiger partial charge < -0.3 is 20.6 Å². The Bertz CT molecular complexity index is 1680. The van der Waals surface area contributed by atoms with Gasteiger partial charge in [-0.3, -0.25) is 28.8 Å². The summed E-state index contributed by atoms with van der Waals surface area (Å²) in [4.78, 5) is 66.8. The molecule has 0 radical (unpaired) electrons. The van der Waals surface area contributed by atoms with Crippen molar-refractivity contribution in [2.24, 2.45) is 5.92 Å². The second kappa shape index (κ2) is 17.2. The van der Waals surface area contributed by atoms with Crippen molar-refractivity contribution in [1.82, 2.24) is 25.2 Å². The number of hydrogen-bond donors (Lipinski definition) is 4. The average Bonchev–Trinajstić information content (AvgIpc) is 3.68. The third-order valence-electron chi connectivity index (χ3n) is 9.13. The number of rotatable bonds is 17. The van der Waals surface area contributed by atoms with E-state index in [9.17, 15) is 37.5 Å². The highest BCUT2D eigenvalue weighted by Gasteiger charge is 2.42. The van der Waals surface area contributed by atoms with E-state index in [0.717, 1.165) is 16.7 Å². The van der Waals surface area contributed by atoms with Crippen LogP contribution in [0.25, 0.3) is 6.08 Å². The molecule has 2 aliphatic heterocycles. The fourth-order valence-corrected chi connectivity index (χ4v) is 7.55. The summed E-state index contributed by atoms with van der Waals surface area (Å²) in [5, 5.41) is 13.9. The number of benzene rings is 1. The van der Waals surface area contributed by atoms with Gasteiger partial charge in [0.25, 0.3) is 11.8 Å². The molecule has 1 saturated carbocycles. The number of nitrogens with one attached hydrogen (secondary N) is 3. The van der Waals surface area contributed by atoms with E-state index in [1.807, 2.05) is 30.4 Å². The minimum Gasteiger partial charge on any atom is -0.465 e. The molecule has 1 aromatic carbocycles. The highest BCUT2D eigenvalue weighted by Crippen LogP contribution is 2.28. The minimum atomic E-state index is -3.88. The number of allylic oxidation sites excluding steroid dienone is 2. The van der Waals surface area contributed by atoms with Crippen LogP contribution in [-0.4, -0.2) is 83.0 Å². The monoisotopic (exact) mass is 707 g/mol. The van der Waals surface area contributed by atoms with Crippen LogP contribution in [0.5, 0.6) is 0 Å². The van der Waals surface area contributed by atoms with Crippen LogP contribution >= 0.6 is 0 Å². The average molecular weight is 708 g/mol. The smallest absolute Gasteiger partial charge is 0.407 e. The van der Waals surface area contributed by atoms with Gasteiger partial charge >= 0.3 is 6.09 Å². The number of carboxylic acid groups (broad SMARTS) is 1. The van der Waals surface area contributed by atoms with Crippen LogP contribution in [0.1, 0.15) is 74.5 Å². The molecular weight excluding hydrogens is 662 g/mol. The van der Waals surface area contributed by atoms with Crippen LogP contribution in [0.3, 0.4) is 0 Å². The molecule has 1 saturated heterocycles. The van der Waals surface area contributed by atoms with E-state index in [2.05, 4.69) is 34.4 Å². The van der Waals surface area contributed by atoms with Crippen LogP contribution in [0.4, 0.5) is 4.79 Å². The van der Waals surface area contributed by atoms with Gasteiger partial charge in [-0.15, -0.1) is 19.6 Å². The first-order chi connectivity index (χ1) is 23.9. The summed E-state index contributed by atoms with van der Waals surface area (Å²) in [5.74, 6) is -0.923. The molecule has 0 aromatic heterocycles. The van der Waals surface area contributed by atoms with E-state index in [4.69, 9.17) is 6.42 Å². The molecule has 5 amide bonds. The van der Waals surface area contributed by atoms with Crippen molar-refractivity contribution in [2.75, 3.05) is 6.54 Å². The Morgan fingerprint density at radius 1 is 1.08 bits per heavy atom. The third-order valence-corrected chi connectivity index (χ3v) is 11.0. The SMILES string of the molecule is C#C[C@H](NC(=O)CCCC/C=C/c1cccc2c1CN(C(=O)O)C2)C(=O)N1CCC[C@H]1C(=O)NC(C(=O)NS(=O)(=O)C1CC1)[C@H](C=C)CC=C. The standard InChI is InChI=1S/C36H45N5O8S/c1-4-13-24(5-2)32(34(44)39-50(48,49)27-19-20-27)38-33(43)30-17-12-21-41(30)35(45)29(6-3)37-31(42)18-10-8-7-9-14-25-15-11-16-26-22-40(36(46)47)23-28(25)26/h3-5,9,11,14-16,24,27,29-30,32H,1-2,7-8,10,12-13,17-23H2,(H,37,42)(H,38,43)(H,39,44)(H,46,47)/b14-9+/t24-,29+,30+,32?/m1/s1. The Hall–Kier alpha value is -4.90. The first kappa shape index (κ1) is 37.9. The molecule has 268 valence electrons. The zero-order valence-corrected chi connectivity index (χ0v) is 28.8. The number of terminal acetylenes is 1. The summed E-state index contributed by atoms with van der Waals surface area (Å²) in [6.45, 7) is 8.32. The van der Waals surface area contributed by atoms with Crippen LogP contribution in [0, 0.1) is 18.3 Å². The van der Waals surface area contributed by atoms with E-state index >= 15 is 0 Å². The largest absolute Gasteiger partial charge is 0.465 e. The van der Waals surface area contributed by atoms with Gasteiger partial charge in [0.2, 0.25) is 21.8 Å². The van der Waals surface area contributed by atoms with Crippen LogP contribution in [-0.2, 0) is 42.3 Å². The summed E-state index contributed by atoms with van der Waals surface area (Å²) < 4.78 is 27.0. The molecule has 2 heterocycles. The molecule has 2 fully saturated rings. The summed E-state index contributed by atoms with van der Waals surface area (Å²) >= 11 is 0. The van der Waals surface area contributed by atoms with Crippen LogP contribution in [0.15, 0.2) is 49.6 Å². The quantitative estimate of drug-likeness (QED) is 0.108. The van der Waals surface area contributed by atoms with E-state index in [1.165, 1.54) is 22.0 Å². The van der Waals surface area contributed by atoms with Crippen molar-refractivity contribution < 1.29 is 37.5 Å². The van der Waals surface area contributed by atoms with Crippen molar-refractivity contribution >= 4 is 45.8 Å². The molecule has 4 N–H and O–H groups in total. The number of nitrogens with zero attached hydrogens (tertiary/aromatic N) is 2. The fraction of sp³-hybridized carbons (Fsp3) is 0.472. The van der Waals surface area contributed by atoms with E-state index in [1.54, 1.807) is 0 Å². The number of hydrogen-bond acceptors (Lipinski definition) is 7. The highest BCUT2D eigenvalue weighted by molar-refractivity contribution is 7.90. The van der Waals surface area contributed by atoms with Crippen molar-refractivity contribution in [3.8, 4) is 12.3 Å². The molecule has 0 spiro atoms. The van der Waals surface area contributed by atoms with Crippen molar-refractivity contribution in [3.63, 3.8) is 0 Å². The lowest BCUT2D eigenvalue weighted by Gasteiger charge is -2.30. The van der Waals surface area contributed by atoms with Crippen molar-refractivity contribution in [2.45, 2.75) is 94.3 Å². The Kier molecular flexibility index (Phi) is 13.0. The number of carbonyl (C=O) groups is 5. The number of carbonyl (C=O) groups excluding carboxylic acids is 4. The first-order valence-electron chi connectivity index (χ1n) is 16.8. The van der Waals surface area contributed by atoms with Gasteiger partial charge in [0.05, 0.1) is 11.8 Å². The summed E-state index contributed by atoms with van der Waals surface area (Å²) in [6.07, 6.45) is 15.6. The number of fused-ring (bicyclic) bond motifs is 1. The molecule has 3 aliphatic rings. The van der Waals surface area contributed by atoms with Crippen molar-refractivity contribution in [3.05, 3.63) is 66.3 Å². The molecular formula is C36H45N5O8S. The van der Waals surface area contributed by atoms with Gasteiger partial charge in [-0.05, 0) is 68.1 Å².